The van der Waals surface area contributed by atoms with Crippen LogP contribution in [0, 0.1) is 17.1 Å². The van der Waals surface area contributed by atoms with Crippen molar-refractivity contribution in [3.05, 3.63) is 70.9 Å². The van der Waals surface area contributed by atoms with E-state index in [4.69, 9.17) is 11.5 Å². The lowest BCUT2D eigenvalue weighted by atomic mass is 9.97. The standard InChI is InChI=1S/C21H14FN5OS/c22-12-6-8-13(9-7-12)26-20(28)18-17(24)16-15(11-4-2-1-3-5-11)14(10-23)19(25)27-21(16)29-18/h1-9H,24H2,(H2,25,27)(H,26,28). The molecule has 0 saturated heterocycles. The van der Waals surface area contributed by atoms with Crippen LogP contribution < -0.4 is 16.8 Å². The van der Waals surface area contributed by atoms with Gasteiger partial charge in [0.05, 0.1) is 5.69 Å². The number of anilines is 3. The van der Waals surface area contributed by atoms with Crippen LogP contribution in [0.1, 0.15) is 15.2 Å². The van der Waals surface area contributed by atoms with Gasteiger partial charge in [-0.15, -0.1) is 11.3 Å². The molecular formula is C21H14FN5OS. The van der Waals surface area contributed by atoms with Crippen LogP contribution in [0.25, 0.3) is 21.3 Å². The molecule has 0 saturated carbocycles. The van der Waals surface area contributed by atoms with E-state index in [1.165, 1.54) is 24.3 Å². The quantitative estimate of drug-likeness (QED) is 0.469. The van der Waals surface area contributed by atoms with E-state index in [9.17, 15) is 14.4 Å². The van der Waals surface area contributed by atoms with Crippen LogP contribution in [0.2, 0.25) is 0 Å². The SMILES string of the molecule is N#Cc1c(N)nc2sc(C(=O)Nc3ccc(F)cc3)c(N)c2c1-c1ccccc1. The Hall–Kier alpha value is -3.96. The van der Waals surface area contributed by atoms with Gasteiger partial charge in [-0.1, -0.05) is 30.3 Å². The molecule has 142 valence electrons. The molecule has 5 N–H and O–H groups in total. The first-order valence-corrected chi connectivity index (χ1v) is 9.35. The third-order valence-corrected chi connectivity index (χ3v) is 5.49. The van der Waals surface area contributed by atoms with Crippen LogP contribution in [0.5, 0.6) is 0 Å². The summed E-state index contributed by atoms with van der Waals surface area (Å²) >= 11 is 1.08. The largest absolute Gasteiger partial charge is 0.397 e. The number of hydrogen-bond acceptors (Lipinski definition) is 6. The van der Waals surface area contributed by atoms with E-state index in [1.807, 2.05) is 30.3 Å². The molecule has 2 heterocycles. The number of thiophene rings is 1. The van der Waals surface area contributed by atoms with Gasteiger partial charge in [-0.05, 0) is 29.8 Å². The number of pyridine rings is 1. The average Bonchev–Trinajstić information content (AvgIpc) is 3.05. The number of fused-ring (bicyclic) bond motifs is 1. The molecular weight excluding hydrogens is 389 g/mol. The zero-order valence-electron chi connectivity index (χ0n) is 14.9. The molecule has 0 aliphatic heterocycles. The third kappa shape index (κ3) is 3.24. The van der Waals surface area contributed by atoms with E-state index in [1.54, 1.807) is 0 Å². The van der Waals surface area contributed by atoms with Crippen LogP contribution >= 0.6 is 11.3 Å². The molecule has 0 unspecified atom stereocenters. The van der Waals surface area contributed by atoms with Crippen molar-refractivity contribution in [2.75, 3.05) is 16.8 Å². The third-order valence-electron chi connectivity index (χ3n) is 4.39. The molecule has 1 amide bonds. The van der Waals surface area contributed by atoms with Gasteiger partial charge in [0.2, 0.25) is 0 Å². The Balaban J connectivity index is 1.88. The molecule has 0 fully saturated rings. The highest BCUT2D eigenvalue weighted by molar-refractivity contribution is 7.21. The lowest BCUT2D eigenvalue weighted by Crippen LogP contribution is -2.12. The first kappa shape index (κ1) is 18.4. The van der Waals surface area contributed by atoms with Crippen LogP contribution in [-0.4, -0.2) is 10.9 Å². The van der Waals surface area contributed by atoms with E-state index >= 15 is 0 Å². The topological polar surface area (TPSA) is 118 Å². The Morgan fingerprint density at radius 1 is 1.10 bits per heavy atom. The van der Waals surface area contributed by atoms with Gasteiger partial charge in [-0.25, -0.2) is 9.37 Å². The van der Waals surface area contributed by atoms with Gasteiger partial charge >= 0.3 is 0 Å². The molecule has 0 bridgehead atoms. The number of benzene rings is 2. The Morgan fingerprint density at radius 2 is 1.79 bits per heavy atom. The van der Waals surface area contributed by atoms with Gasteiger partial charge < -0.3 is 16.8 Å². The Bertz CT molecular complexity index is 1280. The summed E-state index contributed by atoms with van der Waals surface area (Å²) in [5, 5.41) is 12.8. The van der Waals surface area contributed by atoms with Crippen molar-refractivity contribution in [1.82, 2.24) is 4.98 Å². The highest BCUT2D eigenvalue weighted by Gasteiger charge is 2.24. The number of rotatable bonds is 3. The number of hydrogen-bond donors (Lipinski definition) is 3. The second kappa shape index (κ2) is 7.22. The van der Waals surface area contributed by atoms with Crippen LogP contribution in [-0.2, 0) is 0 Å². The van der Waals surface area contributed by atoms with Crippen molar-refractivity contribution in [3.63, 3.8) is 0 Å². The van der Waals surface area contributed by atoms with Gasteiger partial charge in [0.15, 0.2) is 0 Å². The summed E-state index contributed by atoms with van der Waals surface area (Å²) in [5.41, 5.74) is 14.5. The van der Waals surface area contributed by atoms with Crippen molar-refractivity contribution >= 4 is 44.7 Å². The lowest BCUT2D eigenvalue weighted by Gasteiger charge is -2.09. The number of nitrogens with two attached hydrogens (primary N) is 2. The van der Waals surface area contributed by atoms with E-state index in [0.29, 0.717) is 21.5 Å². The predicted molar refractivity (Wildman–Crippen MR) is 113 cm³/mol. The number of amides is 1. The first-order valence-electron chi connectivity index (χ1n) is 8.53. The minimum atomic E-state index is -0.451. The summed E-state index contributed by atoms with van der Waals surface area (Å²) in [6.07, 6.45) is 0. The highest BCUT2D eigenvalue weighted by Crippen LogP contribution is 2.42. The number of nitrogen functional groups attached to an aromatic ring is 2. The smallest absolute Gasteiger partial charge is 0.267 e. The normalized spacial score (nSPS) is 10.6. The van der Waals surface area contributed by atoms with Crippen LogP contribution in [0.3, 0.4) is 0 Å². The zero-order valence-corrected chi connectivity index (χ0v) is 15.8. The van der Waals surface area contributed by atoms with E-state index in [-0.39, 0.29) is 21.9 Å². The predicted octanol–water partition coefficient (Wildman–Crippen LogP) is 4.39. The van der Waals surface area contributed by atoms with Crippen molar-refractivity contribution in [1.29, 1.82) is 5.26 Å². The van der Waals surface area contributed by atoms with Gasteiger partial charge in [-0.2, -0.15) is 5.26 Å². The molecule has 0 radical (unpaired) electrons. The number of aromatic nitrogens is 1. The second-order valence-electron chi connectivity index (χ2n) is 6.21. The maximum atomic E-state index is 13.1. The number of carbonyl (C=O) groups is 1. The lowest BCUT2D eigenvalue weighted by molar-refractivity contribution is 0.103. The van der Waals surface area contributed by atoms with Crippen molar-refractivity contribution in [3.8, 4) is 17.2 Å². The molecule has 0 spiro atoms. The molecule has 0 aliphatic rings. The first-order chi connectivity index (χ1) is 14.0. The molecule has 2 aromatic carbocycles. The molecule has 2 aromatic heterocycles. The van der Waals surface area contributed by atoms with Crippen LogP contribution in [0.4, 0.5) is 21.6 Å². The Kier molecular flexibility index (Phi) is 4.58. The minimum absolute atomic E-state index is 0.0746. The molecule has 8 heteroatoms. The van der Waals surface area contributed by atoms with Gasteiger partial charge in [0, 0.05) is 16.6 Å². The number of nitrogens with zero attached hydrogens (tertiary/aromatic N) is 2. The monoisotopic (exact) mass is 403 g/mol. The molecule has 6 nitrogen and oxygen atoms in total. The molecule has 0 atom stereocenters. The van der Waals surface area contributed by atoms with Crippen molar-refractivity contribution in [2.45, 2.75) is 0 Å². The second-order valence-corrected chi connectivity index (χ2v) is 7.21. The van der Waals surface area contributed by atoms with E-state index in [2.05, 4.69) is 16.4 Å². The number of halogens is 1. The summed E-state index contributed by atoms with van der Waals surface area (Å²) in [7, 11) is 0. The minimum Gasteiger partial charge on any atom is -0.397 e. The highest BCUT2D eigenvalue weighted by atomic mass is 32.1. The maximum absolute atomic E-state index is 13.1. The van der Waals surface area contributed by atoms with Gasteiger partial charge in [0.1, 0.15) is 33.0 Å². The summed E-state index contributed by atoms with van der Waals surface area (Å²) in [4.78, 5) is 17.8. The molecule has 4 aromatic rings. The maximum Gasteiger partial charge on any atom is 0.267 e. The summed E-state index contributed by atoms with van der Waals surface area (Å²) in [6.45, 7) is 0. The molecule has 0 aliphatic carbocycles. The van der Waals surface area contributed by atoms with Gasteiger partial charge in [-0.3, -0.25) is 4.79 Å². The average molecular weight is 403 g/mol. The zero-order chi connectivity index (χ0) is 20.5. The van der Waals surface area contributed by atoms with E-state index in [0.717, 1.165) is 16.9 Å². The number of nitriles is 1. The Morgan fingerprint density at radius 3 is 2.45 bits per heavy atom. The summed E-state index contributed by atoms with van der Waals surface area (Å²) in [6, 6.07) is 16.7. The number of nitrogens with one attached hydrogen (secondary N) is 1. The molecule has 4 rings (SSSR count). The van der Waals surface area contributed by atoms with Crippen molar-refractivity contribution < 1.29 is 9.18 Å². The fourth-order valence-corrected chi connectivity index (χ4v) is 4.07. The number of carbonyl (C=O) groups excluding carboxylic acids is 1. The molecule has 29 heavy (non-hydrogen) atoms. The fraction of sp³-hybridized carbons (Fsp3) is 0. The van der Waals surface area contributed by atoms with Crippen LogP contribution in [0.15, 0.2) is 54.6 Å². The van der Waals surface area contributed by atoms with Gasteiger partial charge in [0.25, 0.3) is 5.91 Å². The summed E-state index contributed by atoms with van der Waals surface area (Å²) in [5.74, 6) is -0.778. The van der Waals surface area contributed by atoms with E-state index < -0.39 is 11.7 Å². The Labute approximate surface area is 169 Å². The fourth-order valence-electron chi connectivity index (χ4n) is 3.07. The van der Waals surface area contributed by atoms with Crippen molar-refractivity contribution in [2.24, 2.45) is 0 Å². The summed E-state index contributed by atoms with van der Waals surface area (Å²) < 4.78 is 13.1.